The monoisotopic (exact) mass is 526 g/mol. The molecule has 0 saturated carbocycles. The fourth-order valence-corrected chi connectivity index (χ4v) is 4.77. The number of amides is 2. The molecule has 2 N–H and O–H groups in total. The average Bonchev–Trinajstić information content (AvgIpc) is 2.81. The van der Waals surface area contributed by atoms with E-state index in [-0.39, 0.29) is 17.6 Å². The minimum absolute atomic E-state index is 0.0906. The number of Topliss-reactive ketones (excluding diaryl/α,β-unsaturated/α-hetero) is 1. The van der Waals surface area contributed by atoms with Gasteiger partial charge in [0.2, 0.25) is 11.8 Å². The molecular formula is C31H46N2O3S. The Morgan fingerprint density at radius 3 is 1.97 bits per heavy atom. The Morgan fingerprint density at radius 2 is 1.41 bits per heavy atom. The number of nitrogens with one attached hydrogen (secondary N) is 2. The van der Waals surface area contributed by atoms with Crippen molar-refractivity contribution in [3.8, 4) is 0 Å². The van der Waals surface area contributed by atoms with Gasteiger partial charge in [0, 0.05) is 24.9 Å². The third-order valence-corrected chi connectivity index (χ3v) is 6.99. The molecule has 0 aliphatic rings. The van der Waals surface area contributed by atoms with E-state index in [1.165, 1.54) is 30.6 Å². The van der Waals surface area contributed by atoms with Crippen LogP contribution in [0.4, 0.5) is 0 Å². The first-order valence-electron chi connectivity index (χ1n) is 13.1. The van der Waals surface area contributed by atoms with Gasteiger partial charge in [0.1, 0.15) is 6.04 Å². The van der Waals surface area contributed by atoms with E-state index >= 15 is 0 Å². The predicted molar refractivity (Wildman–Crippen MR) is 158 cm³/mol. The van der Waals surface area contributed by atoms with Gasteiger partial charge in [-0.1, -0.05) is 64.8 Å². The van der Waals surface area contributed by atoms with E-state index in [1.807, 2.05) is 31.2 Å². The normalized spacial score (nSPS) is 13.5. The van der Waals surface area contributed by atoms with E-state index in [0.29, 0.717) is 12.2 Å². The molecule has 0 saturated heterocycles. The summed E-state index contributed by atoms with van der Waals surface area (Å²) in [6.07, 6.45) is 11.4. The molecule has 0 fully saturated rings. The van der Waals surface area contributed by atoms with Crippen LogP contribution in [0.1, 0.15) is 78.4 Å². The summed E-state index contributed by atoms with van der Waals surface area (Å²) in [5.41, 5.74) is 6.20. The summed E-state index contributed by atoms with van der Waals surface area (Å²) in [5.74, 6) is 0.570. The topological polar surface area (TPSA) is 75.3 Å². The quantitative estimate of drug-likeness (QED) is 0.197. The van der Waals surface area contributed by atoms with Crippen LogP contribution in [0, 0.1) is 6.92 Å². The maximum atomic E-state index is 13.0. The van der Waals surface area contributed by atoms with Crippen LogP contribution in [0.2, 0.25) is 0 Å². The highest BCUT2D eigenvalue weighted by molar-refractivity contribution is 7.99. The van der Waals surface area contributed by atoms with E-state index < -0.39 is 12.1 Å². The lowest BCUT2D eigenvalue weighted by Gasteiger charge is -2.22. The molecule has 0 bridgehead atoms. The van der Waals surface area contributed by atoms with Crippen LogP contribution in [0.15, 0.2) is 59.2 Å². The summed E-state index contributed by atoms with van der Waals surface area (Å²) >= 11 is 1.62. The lowest BCUT2D eigenvalue weighted by Crippen LogP contribution is -2.52. The van der Waals surface area contributed by atoms with Gasteiger partial charge in [-0.3, -0.25) is 14.4 Å². The largest absolute Gasteiger partial charge is 0.344 e. The van der Waals surface area contributed by atoms with Crippen molar-refractivity contribution in [2.75, 3.05) is 11.5 Å². The molecule has 6 heteroatoms. The zero-order valence-electron chi connectivity index (χ0n) is 23.8. The number of carbonyl (C=O) groups excluding carboxylic acids is 3. The van der Waals surface area contributed by atoms with E-state index in [1.54, 1.807) is 11.8 Å². The van der Waals surface area contributed by atoms with Gasteiger partial charge in [-0.05, 0) is 72.8 Å². The molecule has 0 aliphatic heterocycles. The molecule has 0 heterocycles. The van der Waals surface area contributed by atoms with Crippen molar-refractivity contribution in [2.45, 2.75) is 92.7 Å². The number of allylic oxidation sites excluding steroid dienone is 5. The third-order valence-electron chi connectivity index (χ3n) is 6.02. The molecule has 2 atom stereocenters. The molecule has 0 radical (unpaired) electrons. The standard InChI is InChI=1S/C31H46N2O3S/c1-22(2)10-8-11-23(3)12-9-13-24(4)18-19-37-21-30(26(6)34)33-31(36)29(32-27(7)35)20-28-16-14-25(5)15-17-28/h10,12,14-18,29-30H,8-9,11,13,19-21H2,1-7H3,(H,32,35)(H,33,36)/b23-12+,24-18+. The molecule has 1 aromatic carbocycles. The van der Waals surface area contributed by atoms with Crippen LogP contribution in [0.5, 0.6) is 0 Å². The molecule has 5 nitrogen and oxygen atoms in total. The number of hydrogen-bond donors (Lipinski definition) is 2. The molecular weight excluding hydrogens is 480 g/mol. The predicted octanol–water partition coefficient (Wildman–Crippen LogP) is 6.27. The van der Waals surface area contributed by atoms with E-state index in [0.717, 1.165) is 42.6 Å². The number of thioether (sulfide) groups is 1. The number of ketones is 1. The minimum Gasteiger partial charge on any atom is -0.344 e. The molecule has 0 spiro atoms. The highest BCUT2D eigenvalue weighted by atomic mass is 32.2. The van der Waals surface area contributed by atoms with Crippen LogP contribution in [0.25, 0.3) is 0 Å². The summed E-state index contributed by atoms with van der Waals surface area (Å²) in [6, 6.07) is 6.54. The van der Waals surface area contributed by atoms with Gasteiger partial charge in [0.15, 0.2) is 5.78 Å². The second kappa shape index (κ2) is 17.8. The number of benzene rings is 1. The Labute approximate surface area is 228 Å². The van der Waals surface area contributed by atoms with Crippen molar-refractivity contribution in [1.29, 1.82) is 0 Å². The van der Waals surface area contributed by atoms with Crippen molar-refractivity contribution < 1.29 is 14.4 Å². The highest BCUT2D eigenvalue weighted by Crippen LogP contribution is 2.13. The fraction of sp³-hybridized carbons (Fsp3) is 0.516. The zero-order chi connectivity index (χ0) is 27.8. The number of carbonyl (C=O) groups is 3. The van der Waals surface area contributed by atoms with Gasteiger partial charge in [0.05, 0.1) is 6.04 Å². The number of aryl methyl sites for hydroxylation is 1. The molecule has 0 aromatic heterocycles. The van der Waals surface area contributed by atoms with Gasteiger partial charge < -0.3 is 10.6 Å². The van der Waals surface area contributed by atoms with Crippen LogP contribution < -0.4 is 10.6 Å². The molecule has 2 unspecified atom stereocenters. The Morgan fingerprint density at radius 1 is 0.811 bits per heavy atom. The maximum absolute atomic E-state index is 13.0. The van der Waals surface area contributed by atoms with Crippen molar-refractivity contribution >= 4 is 29.4 Å². The first-order valence-corrected chi connectivity index (χ1v) is 14.3. The van der Waals surface area contributed by atoms with Crippen LogP contribution >= 0.6 is 11.8 Å². The molecule has 0 aliphatic carbocycles. The lowest BCUT2D eigenvalue weighted by atomic mass is 10.0. The highest BCUT2D eigenvalue weighted by Gasteiger charge is 2.24. The van der Waals surface area contributed by atoms with Crippen molar-refractivity contribution in [2.24, 2.45) is 0 Å². The van der Waals surface area contributed by atoms with Crippen LogP contribution in [0.3, 0.4) is 0 Å². The van der Waals surface area contributed by atoms with Gasteiger partial charge in [-0.25, -0.2) is 0 Å². The Balaban J connectivity index is 2.56. The summed E-state index contributed by atoms with van der Waals surface area (Å²) < 4.78 is 0. The lowest BCUT2D eigenvalue weighted by molar-refractivity contribution is -0.130. The third kappa shape index (κ3) is 15.3. The van der Waals surface area contributed by atoms with Gasteiger partial charge in [0.25, 0.3) is 0 Å². The summed E-state index contributed by atoms with van der Waals surface area (Å²) in [5, 5.41) is 5.58. The van der Waals surface area contributed by atoms with Crippen LogP contribution in [-0.2, 0) is 20.8 Å². The van der Waals surface area contributed by atoms with Gasteiger partial charge in [-0.2, -0.15) is 11.8 Å². The Hall–Kier alpha value is -2.60. The summed E-state index contributed by atoms with van der Waals surface area (Å²) in [7, 11) is 0. The van der Waals surface area contributed by atoms with E-state index in [2.05, 4.69) is 56.6 Å². The molecule has 204 valence electrons. The van der Waals surface area contributed by atoms with Crippen LogP contribution in [-0.4, -0.2) is 41.2 Å². The van der Waals surface area contributed by atoms with E-state index in [9.17, 15) is 14.4 Å². The molecule has 1 rings (SSSR count). The Kier molecular flexibility index (Phi) is 15.6. The average molecular weight is 527 g/mol. The van der Waals surface area contributed by atoms with Gasteiger partial charge in [-0.15, -0.1) is 0 Å². The number of hydrogen-bond acceptors (Lipinski definition) is 4. The second-order valence-corrected chi connectivity index (χ2v) is 11.2. The fourth-order valence-electron chi connectivity index (χ4n) is 3.67. The summed E-state index contributed by atoms with van der Waals surface area (Å²) in [6.45, 7) is 13.5. The smallest absolute Gasteiger partial charge is 0.243 e. The van der Waals surface area contributed by atoms with Crippen molar-refractivity contribution in [3.63, 3.8) is 0 Å². The van der Waals surface area contributed by atoms with Crippen molar-refractivity contribution in [3.05, 3.63) is 70.3 Å². The first kappa shape index (κ1) is 32.4. The maximum Gasteiger partial charge on any atom is 0.243 e. The van der Waals surface area contributed by atoms with E-state index in [4.69, 9.17) is 0 Å². The molecule has 2 amide bonds. The SMILES string of the molecule is CC(=O)NC(Cc1ccc(C)cc1)C(=O)NC(CSC/C=C(\C)CC/C=C(\C)CCC=C(C)C)C(C)=O. The molecule has 37 heavy (non-hydrogen) atoms. The Bertz CT molecular complexity index is 973. The minimum atomic E-state index is -0.729. The number of rotatable bonds is 16. The second-order valence-electron chi connectivity index (χ2n) is 10.1. The molecule has 1 aromatic rings. The zero-order valence-corrected chi connectivity index (χ0v) is 24.6. The van der Waals surface area contributed by atoms with Crippen molar-refractivity contribution in [1.82, 2.24) is 10.6 Å². The van der Waals surface area contributed by atoms with Gasteiger partial charge >= 0.3 is 0 Å². The summed E-state index contributed by atoms with van der Waals surface area (Å²) in [4.78, 5) is 36.9. The first-order chi connectivity index (χ1) is 17.5.